The van der Waals surface area contributed by atoms with Crippen LogP contribution in [0.3, 0.4) is 0 Å². The molecule has 4 aliphatic carbocycles. The summed E-state index contributed by atoms with van der Waals surface area (Å²) >= 11 is 0. The van der Waals surface area contributed by atoms with Crippen LogP contribution >= 0.6 is 0 Å². The molecule has 8 N–H and O–H groups in total. The minimum absolute atomic E-state index is 0.224. The first kappa shape index (κ1) is 120. The summed E-state index contributed by atoms with van der Waals surface area (Å²) in [4.78, 5) is 168. The fraction of sp³-hybridized carbons (Fsp3) is 0.436. The summed E-state index contributed by atoms with van der Waals surface area (Å²) in [5.74, 6) is -14.0. The molecule has 0 bridgehead atoms. The molecular weight excluding hydrogens is 1800 g/mol. The van der Waals surface area contributed by atoms with Crippen molar-refractivity contribution in [3.63, 3.8) is 0 Å². The smallest absolute Gasteiger partial charge is 0.377 e. The zero-order valence-electron chi connectivity index (χ0n) is 84.5. The van der Waals surface area contributed by atoms with E-state index in [1.165, 1.54) is 5.57 Å². The van der Waals surface area contributed by atoms with Crippen LogP contribution in [0.15, 0.2) is 283 Å². The van der Waals surface area contributed by atoms with Gasteiger partial charge in [-0.05, 0) is 163 Å². The Labute approximate surface area is 820 Å². The average Bonchev–Trinajstić information content (AvgIpc) is 0.959. The molecule has 30 nitrogen and oxygen atoms in total. The number of ether oxygens (including phenoxy) is 8. The Morgan fingerprint density at radius 2 is 0.564 bits per heavy atom. The standard InChI is InChI=1S/C31H38O10.C30H38O10.C25H32O5.C24H32O5/c1-7-9-18(2)10-8-11-19(3)12-13-21-20(4)26(35)23(16-31(21,5)6)40-25(34)15-14-24(33)39-17-22(32)29-27(36)28(37)30(38)41-29;1-7-17(2)9-8-10-18(3)11-12-20-19(4)25(34)22(15-30(20,5)6)39-24(33)14-13-23(32)38-16-21(31)28-26(35)27(36)29(37)40-28;1-7-9-17(2)10-8-11-18(3)12-13-20-19(4)24(29)21(16-25(20,5)6)30-23(28)15-14-22(26)27;1-7-16(2)9-8-10-17(3)11-12-19-18(4)23(28)20(15-24(19,5)6)29-22(27)14-13-21(25)26/h7-13,22-23,29,32,36-37H,1,14-17H2,2-6H3;7-12,21-22,28,31,35-36H,13-16H2,1-6H3;7-13,21H,1,14-16H2,2-6H3,(H,26,27);7-12,20H,13-15H2,1-6H3,(H,25,26)/b10-8+,13-12+,18-9+,19-11+;9-8+,12-11+,17-7+,18-10+;10-8+,13-12+,17-9+,18-11+;9-8+,12-11+,16-7+,17-10+/t22-,23?,29+;21-,22?,28+;;/m00../s1. The lowest BCUT2D eigenvalue weighted by atomic mass is 9.71. The van der Waals surface area contributed by atoms with Gasteiger partial charge in [0.2, 0.25) is 11.5 Å². The van der Waals surface area contributed by atoms with Crippen molar-refractivity contribution in [2.75, 3.05) is 13.2 Å². The Balaban J connectivity index is 0.000000486. The molecule has 140 heavy (non-hydrogen) atoms. The van der Waals surface area contributed by atoms with Crippen LogP contribution in [-0.2, 0) is 105 Å². The van der Waals surface area contributed by atoms with Crippen molar-refractivity contribution < 1.29 is 146 Å². The van der Waals surface area contributed by atoms with E-state index in [1.54, 1.807) is 39.8 Å². The molecule has 0 aromatic carbocycles. The van der Waals surface area contributed by atoms with Crippen molar-refractivity contribution in [2.24, 2.45) is 21.7 Å². The quantitative estimate of drug-likeness (QED) is 0.0160. The Morgan fingerprint density at radius 3 is 0.771 bits per heavy atom. The van der Waals surface area contributed by atoms with E-state index < -0.39 is 156 Å². The van der Waals surface area contributed by atoms with Crippen molar-refractivity contribution in [3.05, 3.63) is 283 Å². The molecule has 0 radical (unpaired) electrons. The Kier molecular flexibility index (Phi) is 49.0. The number of aliphatic hydroxyl groups is 6. The van der Waals surface area contributed by atoms with Crippen LogP contribution < -0.4 is 0 Å². The van der Waals surface area contributed by atoms with Gasteiger partial charge in [-0.3, -0.25) is 57.5 Å². The molecule has 30 heteroatoms. The highest BCUT2D eigenvalue weighted by atomic mass is 16.6. The fourth-order valence-corrected chi connectivity index (χ4v) is 15.0. The molecule has 0 saturated carbocycles. The summed E-state index contributed by atoms with van der Waals surface area (Å²) in [5, 5.41) is 75.0. The molecule has 4 unspecified atom stereocenters. The van der Waals surface area contributed by atoms with Crippen molar-refractivity contribution in [3.8, 4) is 0 Å². The number of carbonyl (C=O) groups excluding carboxylic acids is 12. The minimum atomic E-state index is -1.63. The summed E-state index contributed by atoms with van der Waals surface area (Å²) < 4.78 is 40.3. The second-order valence-corrected chi connectivity index (χ2v) is 37.1. The maximum Gasteiger partial charge on any atom is 0.377 e. The van der Waals surface area contributed by atoms with Crippen molar-refractivity contribution in [1.82, 2.24) is 0 Å². The fourth-order valence-electron chi connectivity index (χ4n) is 15.0. The van der Waals surface area contributed by atoms with E-state index in [2.05, 4.69) is 22.6 Å². The third-order valence-corrected chi connectivity index (χ3v) is 23.2. The summed E-state index contributed by atoms with van der Waals surface area (Å²) in [5.41, 5.74) is 12.6. The Bertz CT molecular complexity index is 5420. The highest BCUT2D eigenvalue weighted by Gasteiger charge is 2.46. The molecule has 0 fully saturated rings. The number of ketones is 4. The Morgan fingerprint density at radius 1 is 0.350 bits per heavy atom. The first-order valence-corrected chi connectivity index (χ1v) is 45.8. The molecule has 0 saturated heterocycles. The molecule has 6 rings (SSSR count). The number of esters is 8. The van der Waals surface area contributed by atoms with Crippen LogP contribution in [0.25, 0.3) is 0 Å². The number of hydrogen-bond donors (Lipinski definition) is 8. The lowest BCUT2D eigenvalue weighted by Crippen LogP contribution is -2.39. The summed E-state index contributed by atoms with van der Waals surface area (Å²) in [6.45, 7) is 48.6. The number of carbonyl (C=O) groups is 14. The molecule has 2 heterocycles. The van der Waals surface area contributed by atoms with Crippen LogP contribution in [0.2, 0.25) is 0 Å². The normalized spacial score (nSPS) is 21.7. The number of aliphatic carboxylic acids is 2. The molecule has 0 amide bonds. The number of hydrogen-bond acceptors (Lipinski definition) is 28. The van der Waals surface area contributed by atoms with Crippen molar-refractivity contribution in [2.45, 2.75) is 278 Å². The second-order valence-electron chi connectivity index (χ2n) is 37.1. The predicted molar refractivity (Wildman–Crippen MR) is 529 cm³/mol. The molecule has 0 aromatic rings. The number of allylic oxidation sites excluding steroid dienone is 38. The van der Waals surface area contributed by atoms with Gasteiger partial charge in [0.15, 0.2) is 71.3 Å². The van der Waals surface area contributed by atoms with Gasteiger partial charge in [-0.2, -0.15) is 0 Å². The summed E-state index contributed by atoms with van der Waals surface area (Å²) in [6.07, 6.45) is 39.2. The number of rotatable bonds is 40. The van der Waals surface area contributed by atoms with Gasteiger partial charge in [-0.1, -0.05) is 271 Å². The van der Waals surface area contributed by atoms with Crippen molar-refractivity contribution in [1.29, 1.82) is 0 Å². The van der Waals surface area contributed by atoms with E-state index in [9.17, 15) is 97.8 Å². The third kappa shape index (κ3) is 39.6. The third-order valence-electron chi connectivity index (χ3n) is 23.2. The average molecular weight is 1940 g/mol. The van der Waals surface area contributed by atoms with Gasteiger partial charge < -0.3 is 78.7 Å². The first-order valence-electron chi connectivity index (χ1n) is 45.8. The topological polar surface area (TPSA) is 475 Å². The maximum atomic E-state index is 13.0. The van der Waals surface area contributed by atoms with E-state index in [4.69, 9.17) is 38.6 Å². The highest BCUT2D eigenvalue weighted by Crippen LogP contribution is 2.45. The molecule has 760 valence electrons. The molecule has 8 atom stereocenters. The first-order chi connectivity index (χ1) is 65.3. The van der Waals surface area contributed by atoms with Gasteiger partial charge in [0, 0.05) is 25.7 Å². The molecule has 6 aliphatic rings. The van der Waals surface area contributed by atoms with Crippen molar-refractivity contribution >= 4 is 82.8 Å². The zero-order valence-corrected chi connectivity index (χ0v) is 84.5. The minimum Gasteiger partial charge on any atom is -0.505 e. The van der Waals surface area contributed by atoms with Gasteiger partial charge in [0.25, 0.3) is 0 Å². The van der Waals surface area contributed by atoms with Crippen LogP contribution in [0.4, 0.5) is 0 Å². The van der Waals surface area contributed by atoms with E-state index in [0.29, 0.717) is 35.1 Å². The van der Waals surface area contributed by atoms with Gasteiger partial charge in [0.1, 0.15) is 25.4 Å². The molecule has 0 spiro atoms. The number of carboxylic acid groups (broad SMARTS) is 2. The largest absolute Gasteiger partial charge is 0.505 e. The zero-order chi connectivity index (χ0) is 106. The van der Waals surface area contributed by atoms with Gasteiger partial charge >= 0.3 is 59.7 Å². The highest BCUT2D eigenvalue weighted by molar-refractivity contribution is 6.04. The van der Waals surface area contributed by atoms with Crippen LogP contribution in [0.5, 0.6) is 0 Å². The SMILES string of the molecule is C/C=C(C)/C=C/C=C(C)/C=C/C1=C(C)C(=O)C(OC(=O)CCC(=O)O)CC1(C)C.C/C=C(C)/C=C/C=C(C)/C=C/C1=C(C)C(=O)C(OC(=O)CCC(=O)OC[C@H](O)[C@H]2OC(=O)C(O)=C2O)CC1(C)C.C=C/C=C(C)/C=C/C=C(C)/C=C/C1=C(C)C(=O)C(OC(=O)CCC(=O)O)CC1(C)C.C=C/C=C(C)/C=C/C=C(C)/C=C/C1=C(C)C(=O)C(OC(=O)CCC(=O)OC[C@H](O)[C@H]2OC(=O)C(O)=C2O)CC1(C)C. The maximum absolute atomic E-state index is 13.0. The lowest BCUT2D eigenvalue weighted by molar-refractivity contribution is -0.160. The number of aliphatic hydroxyl groups excluding tert-OH is 6. The lowest BCUT2D eigenvalue weighted by Gasteiger charge is -2.36. The molecular formula is C110H140O30. The monoisotopic (exact) mass is 1940 g/mol. The van der Waals surface area contributed by atoms with E-state index >= 15 is 0 Å². The predicted octanol–water partition coefficient (Wildman–Crippen LogP) is 18.9. The van der Waals surface area contributed by atoms with Crippen LogP contribution in [0, 0.1) is 21.7 Å². The molecule has 0 aromatic heterocycles. The van der Waals surface area contributed by atoms with Gasteiger partial charge in [-0.25, -0.2) is 9.59 Å². The van der Waals surface area contributed by atoms with E-state index in [1.807, 2.05) is 270 Å². The van der Waals surface area contributed by atoms with Gasteiger partial charge in [0.05, 0.1) is 51.4 Å². The Hall–Kier alpha value is -13.7. The second kappa shape index (κ2) is 57.0. The number of cyclic esters (lactones) is 2. The number of Topliss-reactive ketones (excluding diaryl/α,β-unsaturated/α-hetero) is 4. The van der Waals surface area contributed by atoms with Gasteiger partial charge in [-0.15, -0.1) is 0 Å². The van der Waals surface area contributed by atoms with E-state index in [-0.39, 0.29) is 98.2 Å². The van der Waals surface area contributed by atoms with E-state index in [0.717, 1.165) is 61.3 Å². The van der Waals surface area contributed by atoms with Crippen LogP contribution in [0.1, 0.15) is 229 Å². The number of carboxylic acids is 2. The van der Waals surface area contributed by atoms with Crippen LogP contribution in [-0.4, -0.2) is 186 Å². The molecule has 2 aliphatic heterocycles. The summed E-state index contributed by atoms with van der Waals surface area (Å²) in [7, 11) is 0. The summed E-state index contributed by atoms with van der Waals surface area (Å²) in [6, 6.07) is 0.